The number of carbonyl (C=O) groups excluding carboxylic acids is 1. The molecule has 4 nitrogen and oxygen atoms in total. The van der Waals surface area contributed by atoms with E-state index in [2.05, 4.69) is 0 Å². The Bertz CT molecular complexity index is 241. The van der Waals surface area contributed by atoms with E-state index >= 15 is 0 Å². The summed E-state index contributed by atoms with van der Waals surface area (Å²) in [6.45, 7) is 3.60. The summed E-state index contributed by atoms with van der Waals surface area (Å²) in [4.78, 5) is 16.7. The van der Waals surface area contributed by atoms with E-state index in [0.29, 0.717) is 5.92 Å². The molecule has 15 heavy (non-hydrogen) atoms. The lowest BCUT2D eigenvalue weighted by molar-refractivity contribution is -0.159. The molecule has 2 atom stereocenters. The number of amides is 1. The summed E-state index contributed by atoms with van der Waals surface area (Å²) in [5, 5.41) is 1.79. The molecule has 86 valence electrons. The van der Waals surface area contributed by atoms with Gasteiger partial charge in [-0.2, -0.15) is 5.06 Å². The Morgan fingerprint density at radius 1 is 1.53 bits per heavy atom. The van der Waals surface area contributed by atoms with E-state index in [1.807, 2.05) is 6.92 Å². The van der Waals surface area contributed by atoms with Gasteiger partial charge < -0.3 is 5.73 Å². The summed E-state index contributed by atoms with van der Waals surface area (Å²) >= 11 is 0. The van der Waals surface area contributed by atoms with Gasteiger partial charge in [-0.15, -0.1) is 0 Å². The van der Waals surface area contributed by atoms with Gasteiger partial charge in [0.05, 0.1) is 6.61 Å². The minimum absolute atomic E-state index is 0.241. The van der Waals surface area contributed by atoms with E-state index in [9.17, 15) is 4.79 Å². The highest BCUT2D eigenvalue weighted by Crippen LogP contribution is 2.37. The largest absolute Gasteiger partial charge is 0.368 e. The summed E-state index contributed by atoms with van der Waals surface area (Å²) in [6, 6.07) is -0.241. The first-order valence-electron chi connectivity index (χ1n) is 5.89. The molecule has 2 N–H and O–H groups in total. The zero-order valence-corrected chi connectivity index (χ0v) is 9.32. The number of hydroxylamine groups is 2. The van der Waals surface area contributed by atoms with Gasteiger partial charge in [0.15, 0.2) is 0 Å². The van der Waals surface area contributed by atoms with E-state index < -0.39 is 0 Å². The van der Waals surface area contributed by atoms with Crippen molar-refractivity contribution < 1.29 is 9.63 Å². The molecule has 4 heteroatoms. The minimum atomic E-state index is -0.274. The Morgan fingerprint density at radius 2 is 2.27 bits per heavy atom. The maximum absolute atomic E-state index is 11.2. The number of hydrogen-bond donors (Lipinski definition) is 1. The average molecular weight is 212 g/mol. The molecule has 2 unspecified atom stereocenters. The van der Waals surface area contributed by atoms with Crippen LogP contribution in [0.1, 0.15) is 32.6 Å². The fraction of sp³-hybridized carbons (Fsp3) is 0.909. The molecule has 1 aliphatic heterocycles. The quantitative estimate of drug-likeness (QED) is 0.737. The second kappa shape index (κ2) is 4.49. The van der Waals surface area contributed by atoms with Gasteiger partial charge in [0.2, 0.25) is 5.91 Å². The maximum atomic E-state index is 11.2. The molecule has 0 aromatic rings. The molecule has 1 amide bonds. The summed E-state index contributed by atoms with van der Waals surface area (Å²) in [5.74, 6) is 1.25. The maximum Gasteiger partial charge on any atom is 0.237 e. The highest BCUT2D eigenvalue weighted by molar-refractivity contribution is 5.79. The first-order valence-corrected chi connectivity index (χ1v) is 5.89. The van der Waals surface area contributed by atoms with Gasteiger partial charge in [-0.05, 0) is 24.7 Å². The number of nitrogens with zero attached hydrogens (tertiary/aromatic N) is 1. The minimum Gasteiger partial charge on any atom is -0.368 e. The first kappa shape index (κ1) is 10.9. The van der Waals surface area contributed by atoms with Crippen LogP contribution in [0.2, 0.25) is 0 Å². The smallest absolute Gasteiger partial charge is 0.237 e. The standard InChI is InChI=1S/C11H20N2O2/c1-2-10(11(12)14)13-6-9(7-15-13)5-8-3-4-8/h8-10H,2-7H2,1H3,(H2,12,14). The number of carbonyl (C=O) groups is 1. The van der Waals surface area contributed by atoms with Crippen LogP contribution in [-0.4, -0.2) is 30.2 Å². The van der Waals surface area contributed by atoms with E-state index in [1.165, 1.54) is 19.3 Å². The van der Waals surface area contributed by atoms with Crippen LogP contribution in [0, 0.1) is 11.8 Å². The average Bonchev–Trinajstić information content (AvgIpc) is 2.86. The third-order valence-corrected chi connectivity index (χ3v) is 3.34. The van der Waals surface area contributed by atoms with E-state index in [0.717, 1.165) is 25.5 Å². The Hall–Kier alpha value is -0.610. The molecule has 0 radical (unpaired) electrons. The van der Waals surface area contributed by atoms with Crippen LogP contribution in [0.3, 0.4) is 0 Å². The van der Waals surface area contributed by atoms with Crippen LogP contribution in [0.5, 0.6) is 0 Å². The van der Waals surface area contributed by atoms with Crippen LogP contribution in [-0.2, 0) is 9.63 Å². The van der Waals surface area contributed by atoms with Crippen LogP contribution in [0.15, 0.2) is 0 Å². The summed E-state index contributed by atoms with van der Waals surface area (Å²) in [5.41, 5.74) is 5.33. The monoisotopic (exact) mass is 212 g/mol. The fourth-order valence-electron chi connectivity index (χ4n) is 2.29. The molecule has 1 saturated carbocycles. The topological polar surface area (TPSA) is 55.6 Å². The van der Waals surface area contributed by atoms with Crippen LogP contribution < -0.4 is 5.73 Å². The predicted molar refractivity (Wildman–Crippen MR) is 56.8 cm³/mol. The molecule has 2 rings (SSSR count). The number of hydrogen-bond acceptors (Lipinski definition) is 3. The van der Waals surface area contributed by atoms with Crippen molar-refractivity contribution in [2.24, 2.45) is 17.6 Å². The lowest BCUT2D eigenvalue weighted by Gasteiger charge is -2.21. The highest BCUT2D eigenvalue weighted by atomic mass is 16.7. The molecule has 0 aromatic carbocycles. The molecule has 2 fully saturated rings. The SMILES string of the molecule is CCC(C(N)=O)N1CC(CC2CC2)CO1. The second-order valence-electron chi connectivity index (χ2n) is 4.77. The second-order valence-corrected chi connectivity index (χ2v) is 4.77. The van der Waals surface area contributed by atoms with E-state index in [4.69, 9.17) is 10.6 Å². The number of primary amides is 1. The highest BCUT2D eigenvalue weighted by Gasteiger charge is 2.34. The molecule has 0 aromatic heterocycles. The molecular formula is C11H20N2O2. The molecule has 1 heterocycles. The Morgan fingerprint density at radius 3 is 2.80 bits per heavy atom. The summed E-state index contributed by atoms with van der Waals surface area (Å²) in [6.07, 6.45) is 4.74. The van der Waals surface area contributed by atoms with Crippen molar-refractivity contribution in [2.75, 3.05) is 13.2 Å². The van der Waals surface area contributed by atoms with E-state index in [1.54, 1.807) is 5.06 Å². The lowest BCUT2D eigenvalue weighted by atomic mass is 10.0. The third-order valence-electron chi connectivity index (χ3n) is 3.34. The van der Waals surface area contributed by atoms with Gasteiger partial charge in [0.1, 0.15) is 6.04 Å². The van der Waals surface area contributed by atoms with E-state index in [-0.39, 0.29) is 11.9 Å². The zero-order valence-electron chi connectivity index (χ0n) is 9.32. The lowest BCUT2D eigenvalue weighted by Crippen LogP contribution is -2.42. The molecule has 0 spiro atoms. The molecular weight excluding hydrogens is 192 g/mol. The van der Waals surface area contributed by atoms with Crippen molar-refractivity contribution in [3.8, 4) is 0 Å². The van der Waals surface area contributed by atoms with Gasteiger partial charge in [0, 0.05) is 6.54 Å². The Labute approximate surface area is 90.7 Å². The Balaban J connectivity index is 1.81. The van der Waals surface area contributed by atoms with Crippen LogP contribution >= 0.6 is 0 Å². The molecule has 1 saturated heterocycles. The number of nitrogens with two attached hydrogens (primary N) is 1. The van der Waals surface area contributed by atoms with Gasteiger partial charge >= 0.3 is 0 Å². The third kappa shape index (κ3) is 2.69. The predicted octanol–water partition coefficient (Wildman–Crippen LogP) is 0.914. The summed E-state index contributed by atoms with van der Waals surface area (Å²) < 4.78 is 0. The molecule has 1 aliphatic carbocycles. The van der Waals surface area contributed by atoms with Crippen molar-refractivity contribution in [1.82, 2.24) is 5.06 Å². The van der Waals surface area contributed by atoms with Gasteiger partial charge in [0.25, 0.3) is 0 Å². The van der Waals surface area contributed by atoms with Crippen LogP contribution in [0.25, 0.3) is 0 Å². The number of rotatable bonds is 5. The zero-order chi connectivity index (χ0) is 10.8. The Kier molecular flexibility index (Phi) is 3.26. The normalized spacial score (nSPS) is 29.3. The van der Waals surface area contributed by atoms with Crippen molar-refractivity contribution in [3.05, 3.63) is 0 Å². The fourth-order valence-corrected chi connectivity index (χ4v) is 2.29. The van der Waals surface area contributed by atoms with Gasteiger partial charge in [-0.3, -0.25) is 9.63 Å². The van der Waals surface area contributed by atoms with Crippen molar-refractivity contribution in [1.29, 1.82) is 0 Å². The molecule has 2 aliphatic rings. The molecule has 0 bridgehead atoms. The van der Waals surface area contributed by atoms with Crippen molar-refractivity contribution in [2.45, 2.75) is 38.6 Å². The summed E-state index contributed by atoms with van der Waals surface area (Å²) in [7, 11) is 0. The van der Waals surface area contributed by atoms with Crippen molar-refractivity contribution in [3.63, 3.8) is 0 Å². The van der Waals surface area contributed by atoms with Crippen molar-refractivity contribution >= 4 is 5.91 Å². The van der Waals surface area contributed by atoms with Gasteiger partial charge in [-0.1, -0.05) is 19.8 Å². The van der Waals surface area contributed by atoms with Crippen LogP contribution in [0.4, 0.5) is 0 Å². The first-order chi connectivity index (χ1) is 7.20. The van der Waals surface area contributed by atoms with Gasteiger partial charge in [-0.25, -0.2) is 0 Å².